The molecule has 0 bridgehead atoms. The molecule has 0 saturated heterocycles. The Kier molecular flexibility index (Phi) is 3.92. The monoisotopic (exact) mass is 283 g/mol. The minimum absolute atomic E-state index is 0.0334. The molecule has 1 aromatic carbocycles. The third-order valence-corrected chi connectivity index (χ3v) is 2.40. The second-order valence-corrected chi connectivity index (χ2v) is 3.87. The van der Waals surface area contributed by atoms with Gasteiger partial charge in [0.1, 0.15) is 11.6 Å². The molecular formula is C12H12F3N5. The highest BCUT2D eigenvalue weighted by molar-refractivity contribution is 5.61. The van der Waals surface area contributed by atoms with Crippen LogP contribution in [-0.2, 0) is 0 Å². The summed E-state index contributed by atoms with van der Waals surface area (Å²) in [6, 6.07) is 3.36. The SMILES string of the molecule is CCNc1cc(Nc2ccc(F)c(F)c2F)nc(N)n1. The molecular weight excluding hydrogens is 271 g/mol. The minimum Gasteiger partial charge on any atom is -0.370 e. The average Bonchev–Trinajstić information content (AvgIpc) is 2.39. The quantitative estimate of drug-likeness (QED) is 0.752. The molecule has 0 atom stereocenters. The van der Waals surface area contributed by atoms with E-state index in [0.29, 0.717) is 12.4 Å². The highest BCUT2D eigenvalue weighted by Gasteiger charge is 2.14. The van der Waals surface area contributed by atoms with Gasteiger partial charge in [0.05, 0.1) is 5.69 Å². The zero-order chi connectivity index (χ0) is 14.7. The van der Waals surface area contributed by atoms with Gasteiger partial charge in [0, 0.05) is 12.6 Å². The van der Waals surface area contributed by atoms with E-state index in [2.05, 4.69) is 20.6 Å². The third-order valence-electron chi connectivity index (χ3n) is 2.40. The van der Waals surface area contributed by atoms with Gasteiger partial charge < -0.3 is 16.4 Å². The second kappa shape index (κ2) is 5.64. The second-order valence-electron chi connectivity index (χ2n) is 3.87. The van der Waals surface area contributed by atoms with E-state index >= 15 is 0 Å². The molecule has 0 aliphatic carbocycles. The molecule has 1 aromatic heterocycles. The summed E-state index contributed by atoms with van der Waals surface area (Å²) in [4.78, 5) is 7.74. The Labute approximate surface area is 113 Å². The molecule has 0 aliphatic heterocycles. The lowest BCUT2D eigenvalue weighted by molar-refractivity contribution is 0.449. The Balaban J connectivity index is 2.32. The average molecular weight is 283 g/mol. The number of hydrogen-bond acceptors (Lipinski definition) is 5. The maximum absolute atomic E-state index is 13.5. The van der Waals surface area contributed by atoms with Crippen molar-refractivity contribution < 1.29 is 13.2 Å². The van der Waals surface area contributed by atoms with Crippen LogP contribution in [0.25, 0.3) is 0 Å². The molecule has 0 fully saturated rings. The molecule has 0 aliphatic rings. The summed E-state index contributed by atoms with van der Waals surface area (Å²) in [7, 11) is 0. The fourth-order valence-corrected chi connectivity index (χ4v) is 1.56. The molecule has 4 N–H and O–H groups in total. The van der Waals surface area contributed by atoms with E-state index in [0.717, 1.165) is 12.1 Å². The molecule has 0 radical (unpaired) electrons. The van der Waals surface area contributed by atoms with Crippen molar-refractivity contribution >= 4 is 23.3 Å². The van der Waals surface area contributed by atoms with Crippen LogP contribution in [0.5, 0.6) is 0 Å². The zero-order valence-corrected chi connectivity index (χ0v) is 10.5. The normalized spacial score (nSPS) is 10.4. The number of anilines is 4. The Bertz CT molecular complexity index is 633. The van der Waals surface area contributed by atoms with Crippen molar-refractivity contribution in [2.75, 3.05) is 22.9 Å². The van der Waals surface area contributed by atoms with Gasteiger partial charge in [-0.05, 0) is 19.1 Å². The van der Waals surface area contributed by atoms with Crippen molar-refractivity contribution in [1.29, 1.82) is 0 Å². The van der Waals surface area contributed by atoms with Crippen LogP contribution in [0.4, 0.5) is 36.4 Å². The molecule has 106 valence electrons. The smallest absolute Gasteiger partial charge is 0.223 e. The third kappa shape index (κ3) is 2.90. The van der Waals surface area contributed by atoms with Crippen LogP contribution in [-0.4, -0.2) is 16.5 Å². The van der Waals surface area contributed by atoms with E-state index in [1.54, 1.807) is 0 Å². The Morgan fingerprint density at radius 2 is 1.80 bits per heavy atom. The number of nitrogens with two attached hydrogens (primary N) is 1. The lowest BCUT2D eigenvalue weighted by Crippen LogP contribution is -2.06. The lowest BCUT2D eigenvalue weighted by Gasteiger charge is -2.10. The number of nitrogens with zero attached hydrogens (tertiary/aromatic N) is 2. The first kappa shape index (κ1) is 13.9. The molecule has 2 rings (SSSR count). The summed E-state index contributed by atoms with van der Waals surface area (Å²) in [5, 5.41) is 5.44. The van der Waals surface area contributed by atoms with Crippen LogP contribution in [0.1, 0.15) is 6.92 Å². The predicted octanol–water partition coefficient (Wildman–Crippen LogP) is 2.65. The van der Waals surface area contributed by atoms with Crippen LogP contribution >= 0.6 is 0 Å². The first-order valence-corrected chi connectivity index (χ1v) is 5.80. The fourth-order valence-electron chi connectivity index (χ4n) is 1.56. The number of halogens is 3. The van der Waals surface area contributed by atoms with E-state index < -0.39 is 17.5 Å². The minimum atomic E-state index is -1.55. The topological polar surface area (TPSA) is 75.9 Å². The van der Waals surface area contributed by atoms with E-state index in [9.17, 15) is 13.2 Å². The van der Waals surface area contributed by atoms with Gasteiger partial charge in [0.15, 0.2) is 17.5 Å². The largest absolute Gasteiger partial charge is 0.370 e. The number of benzene rings is 1. The van der Waals surface area contributed by atoms with E-state index in [1.807, 2.05) is 6.92 Å². The Hall–Kier alpha value is -2.51. The molecule has 8 heteroatoms. The van der Waals surface area contributed by atoms with Crippen molar-refractivity contribution in [2.24, 2.45) is 0 Å². The van der Waals surface area contributed by atoms with E-state index in [1.165, 1.54) is 6.07 Å². The van der Waals surface area contributed by atoms with Crippen molar-refractivity contribution in [2.45, 2.75) is 6.92 Å². The van der Waals surface area contributed by atoms with E-state index in [-0.39, 0.29) is 17.5 Å². The first-order valence-electron chi connectivity index (χ1n) is 5.80. The van der Waals surface area contributed by atoms with Gasteiger partial charge >= 0.3 is 0 Å². The van der Waals surface area contributed by atoms with Gasteiger partial charge in [-0.15, -0.1) is 0 Å². The Morgan fingerprint density at radius 1 is 1.10 bits per heavy atom. The number of nitrogens with one attached hydrogen (secondary N) is 2. The first-order chi connectivity index (χ1) is 9.51. The molecule has 0 unspecified atom stereocenters. The Morgan fingerprint density at radius 3 is 2.50 bits per heavy atom. The maximum Gasteiger partial charge on any atom is 0.223 e. The number of aromatic nitrogens is 2. The summed E-state index contributed by atoms with van der Waals surface area (Å²) >= 11 is 0. The van der Waals surface area contributed by atoms with Crippen molar-refractivity contribution in [3.63, 3.8) is 0 Å². The summed E-state index contributed by atoms with van der Waals surface area (Å²) in [5.41, 5.74) is 5.26. The van der Waals surface area contributed by atoms with Crippen LogP contribution in [0.3, 0.4) is 0 Å². The van der Waals surface area contributed by atoms with Crippen molar-refractivity contribution in [3.05, 3.63) is 35.7 Å². The summed E-state index contributed by atoms with van der Waals surface area (Å²) in [6.07, 6.45) is 0. The molecule has 0 amide bonds. The molecule has 2 aromatic rings. The summed E-state index contributed by atoms with van der Waals surface area (Å²) < 4.78 is 39.5. The summed E-state index contributed by atoms with van der Waals surface area (Å²) in [6.45, 7) is 2.47. The molecule has 0 saturated carbocycles. The van der Waals surface area contributed by atoms with Crippen LogP contribution in [0.2, 0.25) is 0 Å². The predicted molar refractivity (Wildman–Crippen MR) is 70.2 cm³/mol. The standard InChI is InChI=1S/C12H12F3N5/c1-2-17-8-5-9(20-12(16)19-8)18-7-4-3-6(13)10(14)11(7)15/h3-5H,2H2,1H3,(H4,16,17,18,19,20). The lowest BCUT2D eigenvalue weighted by atomic mass is 10.2. The van der Waals surface area contributed by atoms with E-state index in [4.69, 9.17) is 5.73 Å². The van der Waals surface area contributed by atoms with Gasteiger partial charge in [-0.3, -0.25) is 0 Å². The van der Waals surface area contributed by atoms with Gasteiger partial charge in [-0.2, -0.15) is 9.97 Å². The molecule has 1 heterocycles. The van der Waals surface area contributed by atoms with Gasteiger partial charge in [0.2, 0.25) is 5.95 Å². The summed E-state index contributed by atoms with van der Waals surface area (Å²) in [5.74, 6) is -3.57. The number of nitrogen functional groups attached to an aromatic ring is 1. The van der Waals surface area contributed by atoms with Gasteiger partial charge in [-0.1, -0.05) is 0 Å². The van der Waals surface area contributed by atoms with Crippen molar-refractivity contribution in [3.8, 4) is 0 Å². The van der Waals surface area contributed by atoms with Crippen LogP contribution < -0.4 is 16.4 Å². The highest BCUT2D eigenvalue weighted by Crippen LogP contribution is 2.23. The zero-order valence-electron chi connectivity index (χ0n) is 10.5. The number of rotatable bonds is 4. The number of hydrogen-bond donors (Lipinski definition) is 3. The molecule has 5 nitrogen and oxygen atoms in total. The van der Waals surface area contributed by atoms with Crippen molar-refractivity contribution in [1.82, 2.24) is 9.97 Å². The molecule has 20 heavy (non-hydrogen) atoms. The highest BCUT2D eigenvalue weighted by atomic mass is 19.2. The fraction of sp³-hybridized carbons (Fsp3) is 0.167. The van der Waals surface area contributed by atoms with Gasteiger partial charge in [0.25, 0.3) is 0 Å². The van der Waals surface area contributed by atoms with Crippen LogP contribution in [0.15, 0.2) is 18.2 Å². The maximum atomic E-state index is 13.5. The molecule has 0 spiro atoms. The van der Waals surface area contributed by atoms with Crippen LogP contribution in [0, 0.1) is 17.5 Å². The van der Waals surface area contributed by atoms with Gasteiger partial charge in [-0.25, -0.2) is 13.2 Å².